The number of guanidine groups is 1. The number of primary amides is 1. The zero-order valence-electron chi connectivity index (χ0n) is 11.1. The number of rotatable bonds is 7. The summed E-state index contributed by atoms with van der Waals surface area (Å²) >= 11 is 0. The van der Waals surface area contributed by atoms with E-state index in [2.05, 4.69) is 4.99 Å². The van der Waals surface area contributed by atoms with Crippen molar-refractivity contribution >= 4 is 17.6 Å². The molecular weight excluding hydrogens is 258 g/mol. The molecule has 20 heavy (non-hydrogen) atoms. The molecule has 0 aliphatic heterocycles. The first-order chi connectivity index (χ1) is 9.38. The Morgan fingerprint density at radius 3 is 2.20 bits per heavy atom. The molecule has 0 saturated heterocycles. The normalized spacial score (nSPS) is 13.2. The maximum atomic E-state index is 12.3. The van der Waals surface area contributed by atoms with E-state index in [4.69, 9.17) is 22.9 Å². The molecule has 0 heterocycles. The molecule has 1 atom stereocenters. The molecule has 0 radical (unpaired) electrons. The van der Waals surface area contributed by atoms with Gasteiger partial charge in [0.1, 0.15) is 0 Å². The summed E-state index contributed by atoms with van der Waals surface area (Å²) in [7, 11) is 0. The molecule has 0 unspecified atom stereocenters. The minimum Gasteiger partial charge on any atom is -0.370 e. The van der Waals surface area contributed by atoms with Crippen LogP contribution in [0.4, 0.5) is 0 Å². The molecule has 1 rings (SSSR count). The molecule has 0 aromatic heterocycles. The van der Waals surface area contributed by atoms with Crippen LogP contribution in [0.1, 0.15) is 23.2 Å². The first kappa shape index (κ1) is 15.6. The summed E-state index contributed by atoms with van der Waals surface area (Å²) in [5, 5.41) is 0. The van der Waals surface area contributed by atoms with E-state index in [-0.39, 0.29) is 18.9 Å². The summed E-state index contributed by atoms with van der Waals surface area (Å²) in [6.07, 6.45) is 0.447. The van der Waals surface area contributed by atoms with E-state index < -0.39 is 17.2 Å². The number of amides is 1. The van der Waals surface area contributed by atoms with Crippen molar-refractivity contribution < 1.29 is 9.59 Å². The van der Waals surface area contributed by atoms with Crippen LogP contribution < -0.4 is 22.9 Å². The van der Waals surface area contributed by atoms with Crippen LogP contribution >= 0.6 is 0 Å². The molecule has 0 bridgehead atoms. The largest absolute Gasteiger partial charge is 0.370 e. The van der Waals surface area contributed by atoms with E-state index in [9.17, 15) is 9.59 Å². The van der Waals surface area contributed by atoms with Crippen LogP contribution in [0.3, 0.4) is 0 Å². The van der Waals surface area contributed by atoms with Crippen molar-refractivity contribution in [1.82, 2.24) is 0 Å². The first-order valence-corrected chi connectivity index (χ1v) is 6.12. The standard InChI is InChI=1S/C13H19N5O2/c14-11(20)13(17,7-4-8-18-12(15)16)10(19)9-5-2-1-3-6-9/h1-3,5-6H,4,7-8,17H2,(H2,14,20)(H4,15,16,18)/t13-/m1/s1. The zero-order chi connectivity index (χ0) is 15.2. The summed E-state index contributed by atoms with van der Waals surface area (Å²) in [4.78, 5) is 27.7. The van der Waals surface area contributed by atoms with Crippen molar-refractivity contribution in [1.29, 1.82) is 0 Å². The van der Waals surface area contributed by atoms with Gasteiger partial charge in [0.15, 0.2) is 17.3 Å². The van der Waals surface area contributed by atoms with Gasteiger partial charge in [0.05, 0.1) is 0 Å². The van der Waals surface area contributed by atoms with Crippen molar-refractivity contribution in [3.05, 3.63) is 35.9 Å². The van der Waals surface area contributed by atoms with E-state index >= 15 is 0 Å². The van der Waals surface area contributed by atoms with Gasteiger partial charge in [-0.1, -0.05) is 30.3 Å². The molecule has 7 heteroatoms. The van der Waals surface area contributed by atoms with Crippen LogP contribution in [0.15, 0.2) is 35.3 Å². The number of Topliss-reactive ketones (excluding diaryl/α,β-unsaturated/α-hetero) is 1. The van der Waals surface area contributed by atoms with Gasteiger partial charge in [-0.25, -0.2) is 0 Å². The third-order valence-electron chi connectivity index (χ3n) is 2.90. The highest BCUT2D eigenvalue weighted by atomic mass is 16.2. The van der Waals surface area contributed by atoms with Gasteiger partial charge >= 0.3 is 0 Å². The lowest BCUT2D eigenvalue weighted by molar-refractivity contribution is -0.121. The third-order valence-corrected chi connectivity index (χ3v) is 2.90. The number of hydrogen-bond acceptors (Lipinski definition) is 4. The third kappa shape index (κ3) is 3.79. The lowest BCUT2D eigenvalue weighted by Crippen LogP contribution is -2.58. The highest BCUT2D eigenvalue weighted by Gasteiger charge is 2.40. The van der Waals surface area contributed by atoms with Crippen molar-refractivity contribution in [2.45, 2.75) is 18.4 Å². The van der Waals surface area contributed by atoms with Crippen LogP contribution in [0.25, 0.3) is 0 Å². The number of nitrogens with two attached hydrogens (primary N) is 4. The number of hydrogen-bond donors (Lipinski definition) is 4. The second kappa shape index (κ2) is 6.67. The number of ketones is 1. The van der Waals surface area contributed by atoms with Crippen LogP contribution in [-0.4, -0.2) is 29.7 Å². The van der Waals surface area contributed by atoms with Crippen LogP contribution in [0, 0.1) is 0 Å². The van der Waals surface area contributed by atoms with Crippen molar-refractivity contribution in [2.24, 2.45) is 27.9 Å². The number of carbonyl (C=O) groups excluding carboxylic acids is 2. The predicted octanol–water partition coefficient (Wildman–Crippen LogP) is -0.894. The molecule has 1 aromatic rings. The fourth-order valence-corrected chi connectivity index (χ4v) is 1.76. The van der Waals surface area contributed by atoms with E-state index in [0.29, 0.717) is 12.0 Å². The van der Waals surface area contributed by atoms with Crippen LogP contribution in [0.5, 0.6) is 0 Å². The maximum absolute atomic E-state index is 12.3. The van der Waals surface area contributed by atoms with Gasteiger partial charge in [-0.15, -0.1) is 0 Å². The lowest BCUT2D eigenvalue weighted by Gasteiger charge is -2.24. The number of aliphatic imine (C=N–C) groups is 1. The molecular formula is C13H19N5O2. The molecule has 7 nitrogen and oxygen atoms in total. The zero-order valence-corrected chi connectivity index (χ0v) is 11.1. The molecule has 0 aliphatic rings. The summed E-state index contributed by atoms with van der Waals surface area (Å²) in [6.45, 7) is 0.274. The smallest absolute Gasteiger partial charge is 0.245 e. The first-order valence-electron chi connectivity index (χ1n) is 6.12. The molecule has 0 fully saturated rings. The summed E-state index contributed by atoms with van der Waals surface area (Å²) < 4.78 is 0. The Balaban J connectivity index is 2.84. The molecule has 0 spiro atoms. The fraction of sp³-hybridized carbons (Fsp3) is 0.308. The van der Waals surface area contributed by atoms with Crippen molar-refractivity contribution in [2.75, 3.05) is 6.54 Å². The Hall–Kier alpha value is -2.41. The van der Waals surface area contributed by atoms with Crippen molar-refractivity contribution in [3.8, 4) is 0 Å². The molecule has 8 N–H and O–H groups in total. The van der Waals surface area contributed by atoms with Gasteiger partial charge in [0.2, 0.25) is 5.91 Å². The second-order valence-electron chi connectivity index (χ2n) is 4.44. The van der Waals surface area contributed by atoms with Gasteiger partial charge in [0, 0.05) is 12.1 Å². The number of benzene rings is 1. The van der Waals surface area contributed by atoms with Gasteiger partial charge in [-0.3, -0.25) is 14.6 Å². The maximum Gasteiger partial charge on any atom is 0.245 e. The van der Waals surface area contributed by atoms with E-state index in [1.165, 1.54) is 0 Å². The molecule has 0 aliphatic carbocycles. The molecule has 1 aromatic carbocycles. The minimum atomic E-state index is -1.75. The predicted molar refractivity (Wildman–Crippen MR) is 76.8 cm³/mol. The Labute approximate surface area is 117 Å². The molecule has 1 amide bonds. The van der Waals surface area contributed by atoms with Crippen LogP contribution in [0.2, 0.25) is 0 Å². The van der Waals surface area contributed by atoms with Gasteiger partial charge in [0.25, 0.3) is 0 Å². The summed E-state index contributed by atoms with van der Waals surface area (Å²) in [5.74, 6) is -1.42. The SMILES string of the molecule is NC(=O)[C@@](N)(CCCN=C(N)N)C(=O)c1ccccc1. The van der Waals surface area contributed by atoms with Gasteiger partial charge < -0.3 is 22.9 Å². The Morgan fingerprint density at radius 1 is 1.10 bits per heavy atom. The van der Waals surface area contributed by atoms with Gasteiger partial charge in [-0.05, 0) is 12.8 Å². The fourth-order valence-electron chi connectivity index (χ4n) is 1.76. The quantitative estimate of drug-likeness (QED) is 0.167. The second-order valence-corrected chi connectivity index (χ2v) is 4.44. The van der Waals surface area contributed by atoms with Crippen molar-refractivity contribution in [3.63, 3.8) is 0 Å². The minimum absolute atomic E-state index is 0.0546. The molecule has 0 saturated carbocycles. The Bertz CT molecular complexity index is 511. The highest BCUT2D eigenvalue weighted by molar-refractivity contribution is 6.17. The topological polar surface area (TPSA) is 151 Å². The van der Waals surface area contributed by atoms with Gasteiger partial charge in [-0.2, -0.15) is 0 Å². The molecule has 108 valence electrons. The average molecular weight is 277 g/mol. The van der Waals surface area contributed by atoms with Crippen LogP contribution in [-0.2, 0) is 4.79 Å². The number of nitrogens with zero attached hydrogens (tertiary/aromatic N) is 1. The monoisotopic (exact) mass is 277 g/mol. The highest BCUT2D eigenvalue weighted by Crippen LogP contribution is 2.17. The Kier molecular flexibility index (Phi) is 5.22. The summed E-state index contributed by atoms with van der Waals surface area (Å²) in [5.41, 5.74) is 20.2. The Morgan fingerprint density at radius 2 is 1.70 bits per heavy atom. The van der Waals surface area contributed by atoms with E-state index in [1.807, 2.05) is 0 Å². The number of carbonyl (C=O) groups is 2. The average Bonchev–Trinajstić information content (AvgIpc) is 2.43. The summed E-state index contributed by atoms with van der Waals surface area (Å²) in [6, 6.07) is 8.31. The van der Waals surface area contributed by atoms with E-state index in [0.717, 1.165) is 0 Å². The van der Waals surface area contributed by atoms with E-state index in [1.54, 1.807) is 30.3 Å². The lowest BCUT2D eigenvalue weighted by atomic mass is 9.85.